The molecule has 4 heteroatoms. The fraction of sp³-hybridized carbons (Fsp3) is 0.682. The van der Waals surface area contributed by atoms with Gasteiger partial charge in [-0.2, -0.15) is 0 Å². The summed E-state index contributed by atoms with van der Waals surface area (Å²) in [5.41, 5.74) is -0.358. The Kier molecular flexibility index (Phi) is 3.91. The maximum Gasteiger partial charge on any atom is 0.304 e. The highest BCUT2D eigenvalue weighted by molar-refractivity contribution is 6.05. The van der Waals surface area contributed by atoms with E-state index in [4.69, 9.17) is 11.2 Å². The average molecular weight is 354 g/mol. The Bertz CT molecular complexity index is 757. The zero-order valence-corrected chi connectivity index (χ0v) is 15.5. The fourth-order valence-corrected chi connectivity index (χ4v) is 6.66. The van der Waals surface area contributed by atoms with Gasteiger partial charge in [-0.05, 0) is 61.9 Å². The molecule has 4 aliphatic carbocycles. The van der Waals surface area contributed by atoms with Crippen LogP contribution in [-0.2, 0) is 19.1 Å². The van der Waals surface area contributed by atoms with Gasteiger partial charge in [0.15, 0.2) is 17.2 Å². The Labute approximate surface area is 154 Å². The van der Waals surface area contributed by atoms with E-state index in [2.05, 4.69) is 12.8 Å². The van der Waals surface area contributed by atoms with Gasteiger partial charge < -0.3 is 4.74 Å². The molecule has 0 radical (unpaired) electrons. The number of hydrogen-bond acceptors (Lipinski definition) is 4. The summed E-state index contributed by atoms with van der Waals surface area (Å²) in [7, 11) is 0. The highest BCUT2D eigenvalue weighted by atomic mass is 16.6. The number of allylic oxidation sites excluding steroid dienone is 1. The molecule has 0 bridgehead atoms. The van der Waals surface area contributed by atoms with Crippen molar-refractivity contribution in [3.8, 4) is 12.3 Å². The molecular weight excluding hydrogens is 328 g/mol. The second-order valence-electron chi connectivity index (χ2n) is 8.83. The number of esters is 1. The van der Waals surface area contributed by atoms with Gasteiger partial charge in [0.05, 0.1) is 0 Å². The minimum Gasteiger partial charge on any atom is -0.445 e. The number of terminal acetylenes is 1. The topological polar surface area (TPSA) is 60.4 Å². The SMILES string of the molecule is C#C[C@@]1(OC(C)=O)CC[C@H]2[C@@H]3CC(=O)C4=CC(=O)CCC4[C@H]3CC[C@]21C. The molecule has 138 valence electrons. The third-order valence-corrected chi connectivity index (χ3v) is 7.84. The second-order valence-corrected chi connectivity index (χ2v) is 8.83. The van der Waals surface area contributed by atoms with Crippen LogP contribution >= 0.6 is 0 Å². The maximum absolute atomic E-state index is 12.8. The molecule has 3 fully saturated rings. The van der Waals surface area contributed by atoms with E-state index in [1.165, 1.54) is 6.92 Å². The Morgan fingerprint density at radius 3 is 2.69 bits per heavy atom. The van der Waals surface area contributed by atoms with Gasteiger partial charge in [0, 0.05) is 30.8 Å². The zero-order chi connectivity index (χ0) is 18.7. The standard InChI is InChI=1S/C22H26O4/c1-4-22(26-13(2)23)10-8-19-17-12-20(25)18-11-14(24)5-6-15(18)16(17)7-9-21(19,22)3/h1,11,15-17,19H,5-10,12H2,2-3H3/t15?,16-,17-,19+,21-,22-/m1/s1. The van der Waals surface area contributed by atoms with Crippen LogP contribution < -0.4 is 0 Å². The fourth-order valence-electron chi connectivity index (χ4n) is 6.66. The summed E-state index contributed by atoms with van der Waals surface area (Å²) in [6.07, 6.45) is 12.8. The lowest BCUT2D eigenvalue weighted by Gasteiger charge is -2.54. The quantitative estimate of drug-likeness (QED) is 0.536. The van der Waals surface area contributed by atoms with E-state index in [1.54, 1.807) is 6.08 Å². The highest BCUT2D eigenvalue weighted by Gasteiger charge is 2.64. The van der Waals surface area contributed by atoms with E-state index in [-0.39, 0.29) is 34.8 Å². The van der Waals surface area contributed by atoms with Crippen molar-refractivity contribution in [2.45, 2.75) is 64.4 Å². The number of Topliss-reactive ketones (excluding diaryl/α,β-unsaturated/α-hetero) is 1. The maximum atomic E-state index is 12.8. The molecule has 0 amide bonds. The molecular formula is C22H26O4. The normalized spacial score (nSPS) is 44.3. The van der Waals surface area contributed by atoms with Crippen LogP contribution in [0.25, 0.3) is 0 Å². The van der Waals surface area contributed by atoms with Crippen molar-refractivity contribution in [3.63, 3.8) is 0 Å². The average Bonchev–Trinajstić information content (AvgIpc) is 2.88. The molecule has 0 heterocycles. The van der Waals surface area contributed by atoms with E-state index < -0.39 is 5.60 Å². The van der Waals surface area contributed by atoms with Crippen molar-refractivity contribution < 1.29 is 19.1 Å². The molecule has 26 heavy (non-hydrogen) atoms. The number of ketones is 2. The largest absolute Gasteiger partial charge is 0.445 e. The van der Waals surface area contributed by atoms with Gasteiger partial charge in [0.25, 0.3) is 0 Å². The molecule has 4 aliphatic rings. The predicted octanol–water partition coefficient (Wildman–Crippen LogP) is 3.24. The zero-order valence-electron chi connectivity index (χ0n) is 15.5. The van der Waals surface area contributed by atoms with E-state index in [0.717, 1.165) is 31.3 Å². The lowest BCUT2D eigenvalue weighted by molar-refractivity contribution is -0.168. The number of carbonyl (C=O) groups is 3. The lowest BCUT2D eigenvalue weighted by Crippen LogP contribution is -2.54. The smallest absolute Gasteiger partial charge is 0.304 e. The van der Waals surface area contributed by atoms with Crippen LogP contribution in [-0.4, -0.2) is 23.1 Å². The molecule has 0 N–H and O–H groups in total. The van der Waals surface area contributed by atoms with E-state index in [9.17, 15) is 14.4 Å². The van der Waals surface area contributed by atoms with Crippen molar-refractivity contribution >= 4 is 17.5 Å². The molecule has 1 unspecified atom stereocenters. The monoisotopic (exact) mass is 354 g/mol. The van der Waals surface area contributed by atoms with E-state index in [0.29, 0.717) is 31.1 Å². The molecule has 3 saturated carbocycles. The summed E-state index contributed by atoms with van der Waals surface area (Å²) in [5, 5.41) is 0. The highest BCUT2D eigenvalue weighted by Crippen LogP contribution is 2.65. The number of rotatable bonds is 1. The van der Waals surface area contributed by atoms with Crippen molar-refractivity contribution in [3.05, 3.63) is 11.6 Å². The first-order valence-corrected chi connectivity index (χ1v) is 9.76. The van der Waals surface area contributed by atoms with Gasteiger partial charge in [-0.3, -0.25) is 14.4 Å². The van der Waals surface area contributed by atoms with Gasteiger partial charge in [-0.1, -0.05) is 12.8 Å². The van der Waals surface area contributed by atoms with Gasteiger partial charge in [0.2, 0.25) is 0 Å². The number of fused-ring (bicyclic) bond motifs is 5. The molecule has 0 spiro atoms. The van der Waals surface area contributed by atoms with Crippen molar-refractivity contribution in [1.82, 2.24) is 0 Å². The summed E-state index contributed by atoms with van der Waals surface area (Å²) in [6.45, 7) is 3.57. The minimum absolute atomic E-state index is 0.0887. The first kappa shape index (κ1) is 17.5. The van der Waals surface area contributed by atoms with Crippen molar-refractivity contribution in [2.75, 3.05) is 0 Å². The molecule has 0 aromatic rings. The summed E-state index contributed by atoms with van der Waals surface area (Å²) in [5.74, 6) is 3.96. The Balaban J connectivity index is 1.69. The van der Waals surface area contributed by atoms with Gasteiger partial charge >= 0.3 is 5.97 Å². The Morgan fingerprint density at radius 2 is 2.00 bits per heavy atom. The Morgan fingerprint density at radius 1 is 1.23 bits per heavy atom. The van der Waals surface area contributed by atoms with Crippen molar-refractivity contribution in [1.29, 1.82) is 0 Å². The Hall–Kier alpha value is -1.89. The summed E-state index contributed by atoms with van der Waals surface area (Å²) < 4.78 is 5.73. The summed E-state index contributed by atoms with van der Waals surface area (Å²) in [6, 6.07) is 0. The molecule has 0 aromatic carbocycles. The van der Waals surface area contributed by atoms with Crippen LogP contribution in [0.4, 0.5) is 0 Å². The van der Waals surface area contributed by atoms with Gasteiger partial charge in [-0.15, -0.1) is 6.42 Å². The van der Waals surface area contributed by atoms with Gasteiger partial charge in [0.1, 0.15) is 0 Å². The minimum atomic E-state index is -0.851. The van der Waals surface area contributed by atoms with Crippen LogP contribution in [0.3, 0.4) is 0 Å². The molecule has 4 nitrogen and oxygen atoms in total. The van der Waals surface area contributed by atoms with Crippen LogP contribution in [0.5, 0.6) is 0 Å². The van der Waals surface area contributed by atoms with Crippen LogP contribution in [0.2, 0.25) is 0 Å². The van der Waals surface area contributed by atoms with E-state index in [1.807, 2.05) is 0 Å². The first-order chi connectivity index (χ1) is 12.3. The van der Waals surface area contributed by atoms with Crippen LogP contribution in [0, 0.1) is 41.4 Å². The molecule has 4 rings (SSSR count). The molecule has 0 aliphatic heterocycles. The first-order valence-electron chi connectivity index (χ1n) is 9.76. The summed E-state index contributed by atoms with van der Waals surface area (Å²) >= 11 is 0. The third kappa shape index (κ3) is 2.25. The number of carbonyl (C=O) groups excluding carboxylic acids is 3. The lowest BCUT2D eigenvalue weighted by atomic mass is 9.50. The van der Waals surface area contributed by atoms with Gasteiger partial charge in [-0.25, -0.2) is 0 Å². The molecule has 6 atom stereocenters. The van der Waals surface area contributed by atoms with E-state index >= 15 is 0 Å². The van der Waals surface area contributed by atoms with Crippen LogP contribution in [0.1, 0.15) is 58.8 Å². The predicted molar refractivity (Wildman–Crippen MR) is 95.8 cm³/mol. The van der Waals surface area contributed by atoms with Crippen LogP contribution in [0.15, 0.2) is 11.6 Å². The summed E-state index contributed by atoms with van der Waals surface area (Å²) in [4.78, 5) is 36.3. The third-order valence-electron chi connectivity index (χ3n) is 7.84. The van der Waals surface area contributed by atoms with Crippen molar-refractivity contribution in [2.24, 2.45) is 29.1 Å². The molecule has 0 saturated heterocycles. The number of hydrogen-bond donors (Lipinski definition) is 0. The number of ether oxygens (including phenoxy) is 1. The molecule has 0 aromatic heterocycles. The second kappa shape index (κ2) is 5.81.